The number of benzene rings is 2. The fourth-order valence-electron chi connectivity index (χ4n) is 2.64. The number of methoxy groups -OCH3 is 1. The summed E-state index contributed by atoms with van der Waals surface area (Å²) in [5.74, 6) is 0.779. The van der Waals surface area contributed by atoms with Gasteiger partial charge in [0.05, 0.1) is 7.11 Å². The molecule has 2 rings (SSSR count). The van der Waals surface area contributed by atoms with Gasteiger partial charge in [-0.05, 0) is 55.3 Å². The summed E-state index contributed by atoms with van der Waals surface area (Å²) >= 11 is 0. The molecule has 0 saturated carbocycles. The number of amides is 2. The highest BCUT2D eigenvalue weighted by molar-refractivity contribution is 5.84. The number of ether oxygens (including phenoxy) is 2. The molecular formula is C21H28N2O4. The molecule has 0 aliphatic rings. The summed E-state index contributed by atoms with van der Waals surface area (Å²) in [5, 5.41) is 4.79. The second-order valence-electron chi connectivity index (χ2n) is 7.48. The second-order valence-corrected chi connectivity index (χ2v) is 7.48. The Hall–Kier alpha value is -2.76. The molecule has 6 nitrogen and oxygen atoms in total. The van der Waals surface area contributed by atoms with Gasteiger partial charge in [-0.3, -0.25) is 4.79 Å². The quantitative estimate of drug-likeness (QED) is 0.839. The fraction of sp³-hybridized carbons (Fsp3) is 0.429. The van der Waals surface area contributed by atoms with E-state index in [0.29, 0.717) is 6.54 Å². The van der Waals surface area contributed by atoms with Gasteiger partial charge in [0, 0.05) is 26.6 Å². The molecule has 0 saturated heterocycles. The minimum absolute atomic E-state index is 0.0408. The zero-order valence-electron chi connectivity index (χ0n) is 16.7. The summed E-state index contributed by atoms with van der Waals surface area (Å²) in [6.45, 7) is 6.14. The molecule has 0 unspecified atom stereocenters. The first-order valence-electron chi connectivity index (χ1n) is 8.95. The number of hydrogen-bond acceptors (Lipinski definition) is 4. The molecule has 2 aromatic rings. The lowest BCUT2D eigenvalue weighted by atomic mass is 10.1. The third-order valence-electron chi connectivity index (χ3n) is 3.96. The molecule has 0 radical (unpaired) electrons. The lowest BCUT2D eigenvalue weighted by Gasteiger charge is -2.20. The van der Waals surface area contributed by atoms with Gasteiger partial charge in [0.15, 0.2) is 0 Å². The van der Waals surface area contributed by atoms with Crippen LogP contribution in [0.15, 0.2) is 36.4 Å². The molecule has 0 atom stereocenters. The van der Waals surface area contributed by atoms with Crippen molar-refractivity contribution in [1.29, 1.82) is 0 Å². The SMILES string of the molecule is COc1ccc2cc(CN(C)C(=O)CCNC(=O)OC(C)(C)C)ccc2c1. The Morgan fingerprint density at radius 3 is 2.41 bits per heavy atom. The summed E-state index contributed by atoms with van der Waals surface area (Å²) in [4.78, 5) is 25.5. The van der Waals surface area contributed by atoms with Gasteiger partial charge in [0.2, 0.25) is 5.91 Å². The van der Waals surface area contributed by atoms with Crippen molar-refractivity contribution in [3.05, 3.63) is 42.0 Å². The topological polar surface area (TPSA) is 67.9 Å². The van der Waals surface area contributed by atoms with E-state index in [4.69, 9.17) is 9.47 Å². The average molecular weight is 372 g/mol. The molecule has 6 heteroatoms. The van der Waals surface area contributed by atoms with Crippen molar-refractivity contribution < 1.29 is 19.1 Å². The van der Waals surface area contributed by atoms with Gasteiger partial charge in [-0.25, -0.2) is 4.79 Å². The third kappa shape index (κ3) is 6.47. The van der Waals surface area contributed by atoms with Crippen molar-refractivity contribution in [2.45, 2.75) is 39.3 Å². The molecule has 0 aliphatic carbocycles. The van der Waals surface area contributed by atoms with Crippen LogP contribution in [0.5, 0.6) is 5.75 Å². The molecule has 2 amide bonds. The van der Waals surface area contributed by atoms with Crippen LogP contribution < -0.4 is 10.1 Å². The van der Waals surface area contributed by atoms with Crippen molar-refractivity contribution in [3.8, 4) is 5.75 Å². The molecule has 0 bridgehead atoms. The molecule has 27 heavy (non-hydrogen) atoms. The highest BCUT2D eigenvalue weighted by Gasteiger charge is 2.16. The van der Waals surface area contributed by atoms with Crippen molar-refractivity contribution in [2.24, 2.45) is 0 Å². The van der Waals surface area contributed by atoms with Gasteiger partial charge < -0.3 is 19.7 Å². The average Bonchev–Trinajstić information content (AvgIpc) is 2.59. The monoisotopic (exact) mass is 372 g/mol. The maximum absolute atomic E-state index is 12.3. The molecule has 0 heterocycles. The summed E-state index contributed by atoms with van der Waals surface area (Å²) in [6, 6.07) is 12.0. The zero-order valence-corrected chi connectivity index (χ0v) is 16.7. The molecule has 2 aromatic carbocycles. The Morgan fingerprint density at radius 1 is 1.07 bits per heavy atom. The van der Waals surface area contributed by atoms with Crippen molar-refractivity contribution in [3.63, 3.8) is 0 Å². The number of rotatable bonds is 6. The third-order valence-corrected chi connectivity index (χ3v) is 3.96. The Balaban J connectivity index is 1.86. The summed E-state index contributed by atoms with van der Waals surface area (Å²) in [7, 11) is 3.40. The lowest BCUT2D eigenvalue weighted by Crippen LogP contribution is -2.35. The van der Waals surface area contributed by atoms with Crippen LogP contribution in [0, 0.1) is 0 Å². The molecule has 0 aliphatic heterocycles. The molecule has 146 valence electrons. The number of nitrogens with one attached hydrogen (secondary N) is 1. The van der Waals surface area contributed by atoms with Crippen LogP contribution in [0.25, 0.3) is 10.8 Å². The molecule has 0 aromatic heterocycles. The van der Waals surface area contributed by atoms with Crippen LogP contribution in [0.4, 0.5) is 4.79 Å². The molecule has 0 fully saturated rings. The van der Waals surface area contributed by atoms with E-state index in [1.165, 1.54) is 0 Å². The molecule has 0 spiro atoms. The predicted molar refractivity (Wildman–Crippen MR) is 106 cm³/mol. The number of carbonyl (C=O) groups excluding carboxylic acids is 2. The van der Waals surface area contributed by atoms with Crippen LogP contribution >= 0.6 is 0 Å². The number of hydrogen-bond donors (Lipinski definition) is 1. The van der Waals surface area contributed by atoms with Crippen LogP contribution in [0.2, 0.25) is 0 Å². The minimum Gasteiger partial charge on any atom is -0.497 e. The number of fused-ring (bicyclic) bond motifs is 1. The van der Waals surface area contributed by atoms with Crippen molar-refractivity contribution in [2.75, 3.05) is 20.7 Å². The fourth-order valence-corrected chi connectivity index (χ4v) is 2.64. The van der Waals surface area contributed by atoms with E-state index in [1.54, 1.807) is 39.8 Å². The minimum atomic E-state index is -0.551. The highest BCUT2D eigenvalue weighted by Crippen LogP contribution is 2.22. The van der Waals surface area contributed by atoms with E-state index in [1.807, 2.05) is 30.3 Å². The van der Waals surface area contributed by atoms with Gasteiger partial charge in [-0.15, -0.1) is 0 Å². The van der Waals surface area contributed by atoms with E-state index in [2.05, 4.69) is 11.4 Å². The van der Waals surface area contributed by atoms with E-state index in [-0.39, 0.29) is 18.9 Å². The van der Waals surface area contributed by atoms with E-state index < -0.39 is 11.7 Å². The largest absolute Gasteiger partial charge is 0.497 e. The number of alkyl carbamates (subject to hydrolysis) is 1. The van der Waals surface area contributed by atoms with Gasteiger partial charge in [-0.2, -0.15) is 0 Å². The maximum atomic E-state index is 12.3. The molecular weight excluding hydrogens is 344 g/mol. The van der Waals surface area contributed by atoms with Gasteiger partial charge >= 0.3 is 6.09 Å². The van der Waals surface area contributed by atoms with Crippen molar-refractivity contribution >= 4 is 22.8 Å². The normalized spacial score (nSPS) is 11.1. The zero-order chi connectivity index (χ0) is 20.0. The smallest absolute Gasteiger partial charge is 0.407 e. The summed E-state index contributed by atoms with van der Waals surface area (Å²) < 4.78 is 10.4. The Kier molecular flexibility index (Phi) is 6.66. The van der Waals surface area contributed by atoms with Crippen molar-refractivity contribution in [1.82, 2.24) is 10.2 Å². The summed E-state index contributed by atoms with van der Waals surface area (Å²) in [5.41, 5.74) is 0.494. The van der Waals surface area contributed by atoms with Gasteiger partial charge in [0.1, 0.15) is 11.4 Å². The van der Waals surface area contributed by atoms with E-state index in [9.17, 15) is 9.59 Å². The first-order chi connectivity index (χ1) is 12.7. The first kappa shape index (κ1) is 20.6. The Bertz CT molecular complexity index is 811. The van der Waals surface area contributed by atoms with Crippen LogP contribution in [0.1, 0.15) is 32.8 Å². The van der Waals surface area contributed by atoms with Gasteiger partial charge in [-0.1, -0.05) is 18.2 Å². The van der Waals surface area contributed by atoms with Crippen LogP contribution in [-0.2, 0) is 16.1 Å². The second kappa shape index (κ2) is 8.75. The Labute approximate surface area is 160 Å². The summed E-state index contributed by atoms with van der Waals surface area (Å²) in [6.07, 6.45) is -0.288. The standard InChI is InChI=1S/C21H28N2O4/c1-21(2,3)27-20(25)22-11-10-19(24)23(4)14-15-6-7-17-13-18(26-5)9-8-16(17)12-15/h6-9,12-13H,10-11,14H2,1-5H3,(H,22,25). The Morgan fingerprint density at radius 2 is 1.74 bits per heavy atom. The number of carbonyl (C=O) groups is 2. The molecule has 1 N–H and O–H groups in total. The first-order valence-corrected chi connectivity index (χ1v) is 8.95. The van der Waals surface area contributed by atoms with E-state index in [0.717, 1.165) is 22.1 Å². The van der Waals surface area contributed by atoms with Gasteiger partial charge in [0.25, 0.3) is 0 Å². The maximum Gasteiger partial charge on any atom is 0.407 e. The lowest BCUT2D eigenvalue weighted by molar-refractivity contribution is -0.130. The highest BCUT2D eigenvalue weighted by atomic mass is 16.6. The van der Waals surface area contributed by atoms with Crippen LogP contribution in [-0.4, -0.2) is 43.2 Å². The predicted octanol–water partition coefficient (Wildman–Crippen LogP) is 3.72. The van der Waals surface area contributed by atoms with E-state index >= 15 is 0 Å². The number of nitrogens with zero attached hydrogens (tertiary/aromatic N) is 1. The van der Waals surface area contributed by atoms with Crippen LogP contribution in [0.3, 0.4) is 0 Å².